The Morgan fingerprint density at radius 2 is 1.96 bits per heavy atom. The van der Waals surface area contributed by atoms with Gasteiger partial charge in [-0.2, -0.15) is 0 Å². The van der Waals surface area contributed by atoms with E-state index in [1.165, 1.54) is 4.90 Å². The van der Waals surface area contributed by atoms with Gasteiger partial charge in [-0.15, -0.1) is 0 Å². The smallest absolute Gasteiger partial charge is 0.327 e. The molecule has 2 aliphatic rings. The predicted molar refractivity (Wildman–Crippen MR) is 91.0 cm³/mol. The second kappa shape index (κ2) is 7.13. The van der Waals surface area contributed by atoms with Gasteiger partial charge >= 0.3 is 6.03 Å². The van der Waals surface area contributed by atoms with Crippen molar-refractivity contribution in [3.63, 3.8) is 0 Å². The summed E-state index contributed by atoms with van der Waals surface area (Å²) in [4.78, 5) is 40.7. The number of rotatable bonds is 5. The van der Waals surface area contributed by atoms with Crippen molar-refractivity contribution < 1.29 is 19.1 Å². The molecule has 0 N–H and O–H groups in total. The van der Waals surface area contributed by atoms with E-state index >= 15 is 0 Å². The van der Waals surface area contributed by atoms with E-state index in [-0.39, 0.29) is 30.9 Å². The molecule has 0 spiro atoms. The van der Waals surface area contributed by atoms with Crippen molar-refractivity contribution >= 4 is 17.8 Å². The molecule has 2 fully saturated rings. The van der Waals surface area contributed by atoms with Crippen molar-refractivity contribution in [3.8, 4) is 5.75 Å². The van der Waals surface area contributed by atoms with Crippen LogP contribution in [0.3, 0.4) is 0 Å². The quantitative estimate of drug-likeness (QED) is 0.761. The molecular weight excluding hydrogens is 322 g/mol. The standard InChI is InChI=1S/C18H23N3O4/c1-3-25-14-8-6-13(7-9-14)15-5-4-10-20(15)17(23)12-21-16(22)11-19(2)18(21)24/h6-9,15H,3-5,10-12H2,1-2H3/t15-/m1/s1. The number of nitrogens with zero attached hydrogens (tertiary/aromatic N) is 3. The van der Waals surface area contributed by atoms with Crippen LogP contribution in [0.4, 0.5) is 4.79 Å². The van der Waals surface area contributed by atoms with E-state index < -0.39 is 6.03 Å². The Hall–Kier alpha value is -2.57. The Bertz CT molecular complexity index is 673. The lowest BCUT2D eigenvalue weighted by molar-refractivity contribution is -0.137. The molecule has 0 radical (unpaired) electrons. The second-order valence-electron chi connectivity index (χ2n) is 6.37. The maximum absolute atomic E-state index is 12.7. The normalized spacial score (nSPS) is 20.6. The van der Waals surface area contributed by atoms with Crippen LogP contribution in [0, 0.1) is 0 Å². The Balaban J connectivity index is 1.69. The van der Waals surface area contributed by atoms with E-state index in [4.69, 9.17) is 4.74 Å². The topological polar surface area (TPSA) is 70.2 Å². The lowest BCUT2D eigenvalue weighted by Crippen LogP contribution is -2.43. The number of hydrogen-bond donors (Lipinski definition) is 0. The summed E-state index contributed by atoms with van der Waals surface area (Å²) in [6.45, 7) is 3.04. The summed E-state index contributed by atoms with van der Waals surface area (Å²) in [5.41, 5.74) is 1.05. The van der Waals surface area contributed by atoms with E-state index in [1.54, 1.807) is 11.9 Å². The van der Waals surface area contributed by atoms with E-state index in [2.05, 4.69) is 0 Å². The van der Waals surface area contributed by atoms with Crippen LogP contribution in [0.15, 0.2) is 24.3 Å². The molecule has 0 unspecified atom stereocenters. The van der Waals surface area contributed by atoms with Crippen LogP contribution in [0.1, 0.15) is 31.4 Å². The molecule has 3 rings (SSSR count). The number of ether oxygens (including phenoxy) is 1. The van der Waals surface area contributed by atoms with Gasteiger partial charge in [0.2, 0.25) is 5.91 Å². The van der Waals surface area contributed by atoms with Gasteiger partial charge in [0.25, 0.3) is 5.91 Å². The third kappa shape index (κ3) is 3.45. The lowest BCUT2D eigenvalue weighted by atomic mass is 10.0. The van der Waals surface area contributed by atoms with E-state index in [9.17, 15) is 14.4 Å². The van der Waals surface area contributed by atoms with Gasteiger partial charge in [0.05, 0.1) is 12.6 Å². The van der Waals surface area contributed by atoms with Crippen molar-refractivity contribution in [2.24, 2.45) is 0 Å². The summed E-state index contributed by atoms with van der Waals surface area (Å²) < 4.78 is 5.45. The molecule has 1 aromatic rings. The van der Waals surface area contributed by atoms with Crippen LogP contribution in [-0.2, 0) is 9.59 Å². The number of imide groups is 1. The van der Waals surface area contributed by atoms with Gasteiger partial charge < -0.3 is 14.5 Å². The first-order valence-corrected chi connectivity index (χ1v) is 8.59. The molecule has 0 bridgehead atoms. The second-order valence-corrected chi connectivity index (χ2v) is 6.37. The molecule has 7 heteroatoms. The molecule has 2 saturated heterocycles. The highest BCUT2D eigenvalue weighted by molar-refractivity contribution is 6.04. The summed E-state index contributed by atoms with van der Waals surface area (Å²) in [5, 5.41) is 0. The molecule has 1 atom stereocenters. The van der Waals surface area contributed by atoms with Crippen LogP contribution in [0.2, 0.25) is 0 Å². The molecule has 2 heterocycles. The molecule has 0 saturated carbocycles. The Kier molecular flexibility index (Phi) is 4.92. The highest BCUT2D eigenvalue weighted by Gasteiger charge is 2.38. The van der Waals surface area contributed by atoms with E-state index in [0.717, 1.165) is 29.1 Å². The monoisotopic (exact) mass is 345 g/mol. The average molecular weight is 345 g/mol. The SMILES string of the molecule is CCOc1ccc([C@H]2CCCN2C(=O)CN2C(=O)CN(C)C2=O)cc1. The minimum Gasteiger partial charge on any atom is -0.494 e. The zero-order valence-electron chi connectivity index (χ0n) is 14.6. The summed E-state index contributed by atoms with van der Waals surface area (Å²) in [6, 6.07) is 7.33. The number of likely N-dealkylation sites (tertiary alicyclic amines) is 1. The van der Waals surface area contributed by atoms with Gasteiger partial charge in [0.15, 0.2) is 0 Å². The zero-order valence-corrected chi connectivity index (χ0v) is 14.6. The molecule has 134 valence electrons. The number of benzene rings is 1. The van der Waals surface area contributed by atoms with Crippen molar-refractivity contribution in [2.75, 3.05) is 33.3 Å². The van der Waals surface area contributed by atoms with Crippen LogP contribution < -0.4 is 4.74 Å². The van der Waals surface area contributed by atoms with E-state index in [1.807, 2.05) is 31.2 Å². The maximum Gasteiger partial charge on any atom is 0.327 e. The number of likely N-dealkylation sites (N-methyl/N-ethyl adjacent to an activating group) is 1. The van der Waals surface area contributed by atoms with Gasteiger partial charge in [-0.3, -0.25) is 14.5 Å². The fraction of sp³-hybridized carbons (Fsp3) is 0.500. The van der Waals surface area contributed by atoms with Crippen LogP contribution in [0.25, 0.3) is 0 Å². The van der Waals surface area contributed by atoms with E-state index in [0.29, 0.717) is 13.2 Å². The minimum absolute atomic E-state index is 0.0197. The van der Waals surface area contributed by atoms with Crippen molar-refractivity contribution in [1.29, 1.82) is 0 Å². The average Bonchev–Trinajstić information content (AvgIpc) is 3.17. The molecular formula is C18H23N3O4. The lowest BCUT2D eigenvalue weighted by Gasteiger charge is -2.27. The number of amides is 4. The van der Waals surface area contributed by atoms with Crippen molar-refractivity contribution in [2.45, 2.75) is 25.8 Å². The molecule has 7 nitrogen and oxygen atoms in total. The first-order chi connectivity index (χ1) is 12.0. The predicted octanol–water partition coefficient (Wildman–Crippen LogP) is 1.64. The molecule has 2 aliphatic heterocycles. The molecule has 0 aliphatic carbocycles. The number of urea groups is 1. The Morgan fingerprint density at radius 3 is 2.56 bits per heavy atom. The minimum atomic E-state index is -0.407. The molecule has 1 aromatic carbocycles. The summed E-state index contributed by atoms with van der Waals surface area (Å²) in [7, 11) is 1.56. The fourth-order valence-corrected chi connectivity index (χ4v) is 3.42. The number of carbonyl (C=O) groups excluding carboxylic acids is 3. The molecule has 4 amide bonds. The van der Waals surface area contributed by atoms with Gasteiger partial charge in [0.1, 0.15) is 18.8 Å². The fourth-order valence-electron chi connectivity index (χ4n) is 3.42. The summed E-state index contributed by atoms with van der Waals surface area (Å²) in [6.07, 6.45) is 1.78. The summed E-state index contributed by atoms with van der Waals surface area (Å²) in [5.74, 6) is 0.296. The van der Waals surface area contributed by atoms with Gasteiger partial charge in [-0.25, -0.2) is 4.79 Å². The van der Waals surface area contributed by atoms with Crippen LogP contribution in [-0.4, -0.2) is 65.8 Å². The first-order valence-electron chi connectivity index (χ1n) is 8.59. The van der Waals surface area contributed by atoms with Crippen molar-refractivity contribution in [3.05, 3.63) is 29.8 Å². The first kappa shape index (κ1) is 17.3. The zero-order chi connectivity index (χ0) is 18.0. The third-order valence-corrected chi connectivity index (χ3v) is 4.67. The number of carbonyl (C=O) groups is 3. The Morgan fingerprint density at radius 1 is 1.24 bits per heavy atom. The van der Waals surface area contributed by atoms with Gasteiger partial charge in [-0.05, 0) is 37.5 Å². The third-order valence-electron chi connectivity index (χ3n) is 4.67. The molecule has 0 aromatic heterocycles. The van der Waals surface area contributed by atoms with Gasteiger partial charge in [0, 0.05) is 13.6 Å². The molecule has 25 heavy (non-hydrogen) atoms. The van der Waals surface area contributed by atoms with Crippen molar-refractivity contribution in [1.82, 2.24) is 14.7 Å². The highest BCUT2D eigenvalue weighted by Crippen LogP contribution is 2.33. The highest BCUT2D eigenvalue weighted by atomic mass is 16.5. The van der Waals surface area contributed by atoms with Crippen LogP contribution >= 0.6 is 0 Å². The van der Waals surface area contributed by atoms with Crippen LogP contribution in [0.5, 0.6) is 5.75 Å². The summed E-state index contributed by atoms with van der Waals surface area (Å²) >= 11 is 0. The van der Waals surface area contributed by atoms with Gasteiger partial charge in [-0.1, -0.05) is 12.1 Å². The largest absolute Gasteiger partial charge is 0.494 e. The Labute approximate surface area is 147 Å². The maximum atomic E-state index is 12.7. The number of hydrogen-bond acceptors (Lipinski definition) is 4.